The highest BCUT2D eigenvalue weighted by molar-refractivity contribution is 5.79. The van der Waals surface area contributed by atoms with Gasteiger partial charge in [0.1, 0.15) is 5.75 Å². The second-order valence-corrected chi connectivity index (χ2v) is 5.49. The van der Waals surface area contributed by atoms with Crippen LogP contribution in [-0.2, 0) is 13.1 Å². The molecule has 0 aliphatic rings. The fourth-order valence-corrected chi connectivity index (χ4v) is 2.41. The summed E-state index contributed by atoms with van der Waals surface area (Å²) in [6.45, 7) is -1.91. The van der Waals surface area contributed by atoms with Crippen molar-refractivity contribution >= 4 is 5.96 Å². The van der Waals surface area contributed by atoms with Crippen molar-refractivity contribution in [2.45, 2.75) is 19.7 Å². The predicted molar refractivity (Wildman–Crippen MR) is 99.7 cm³/mol. The van der Waals surface area contributed by atoms with Gasteiger partial charge in [0.05, 0.1) is 14.2 Å². The van der Waals surface area contributed by atoms with Crippen LogP contribution in [0.2, 0.25) is 0 Å². The highest BCUT2D eigenvalue weighted by Gasteiger charge is 2.07. The quantitative estimate of drug-likeness (QED) is 0.545. The summed E-state index contributed by atoms with van der Waals surface area (Å²) < 4.78 is 39.5. The summed E-state index contributed by atoms with van der Waals surface area (Å²) in [7, 11) is 4.82. The molecule has 27 heavy (non-hydrogen) atoms. The van der Waals surface area contributed by atoms with E-state index in [-0.39, 0.29) is 5.75 Å². The smallest absolute Gasteiger partial charge is 0.387 e. The molecule has 2 aromatic carbocycles. The van der Waals surface area contributed by atoms with Gasteiger partial charge in [0, 0.05) is 20.1 Å². The van der Waals surface area contributed by atoms with E-state index in [0.717, 1.165) is 11.1 Å². The Labute approximate surface area is 157 Å². The van der Waals surface area contributed by atoms with Crippen molar-refractivity contribution in [3.63, 3.8) is 0 Å². The van der Waals surface area contributed by atoms with E-state index < -0.39 is 6.61 Å². The summed E-state index contributed by atoms with van der Waals surface area (Å²) in [6.07, 6.45) is 0. The Morgan fingerprint density at radius 3 is 2.22 bits per heavy atom. The minimum absolute atomic E-state index is 0.123. The van der Waals surface area contributed by atoms with Gasteiger partial charge >= 0.3 is 6.61 Å². The van der Waals surface area contributed by atoms with E-state index >= 15 is 0 Å². The Balaban J connectivity index is 1.91. The lowest BCUT2D eigenvalue weighted by Gasteiger charge is -2.14. The molecule has 0 heterocycles. The molecule has 0 amide bonds. The molecular weight excluding hydrogens is 356 g/mol. The number of nitrogens with zero attached hydrogens (tertiary/aromatic N) is 1. The van der Waals surface area contributed by atoms with Gasteiger partial charge in [-0.2, -0.15) is 8.78 Å². The predicted octanol–water partition coefficient (Wildman–Crippen LogP) is 3.17. The molecule has 2 rings (SSSR count). The molecule has 2 N–H and O–H groups in total. The number of halogens is 2. The maximum atomic E-state index is 12.3. The molecule has 0 fully saturated rings. The van der Waals surface area contributed by atoms with Crippen LogP contribution in [0.5, 0.6) is 17.2 Å². The van der Waals surface area contributed by atoms with Gasteiger partial charge in [-0.15, -0.1) is 0 Å². The van der Waals surface area contributed by atoms with Crippen molar-refractivity contribution in [3.8, 4) is 17.2 Å². The number of hydrogen-bond donors (Lipinski definition) is 2. The van der Waals surface area contributed by atoms with Gasteiger partial charge in [-0.1, -0.05) is 18.2 Å². The van der Waals surface area contributed by atoms with Crippen molar-refractivity contribution < 1.29 is 23.0 Å². The standard InChI is InChI=1S/C19H23F2N3O3/c1-22-19(23-11-13-5-4-6-15(9-13)27-18(20)21)24-12-14-7-8-16(25-2)17(10-14)26-3/h4-10,18H,11-12H2,1-3H3,(H2,22,23,24). The number of methoxy groups -OCH3 is 2. The minimum atomic E-state index is -2.84. The zero-order valence-electron chi connectivity index (χ0n) is 15.5. The average molecular weight is 379 g/mol. The highest BCUT2D eigenvalue weighted by atomic mass is 19.3. The molecule has 0 saturated carbocycles. The third kappa shape index (κ3) is 6.32. The number of nitrogens with one attached hydrogen (secondary N) is 2. The Morgan fingerprint density at radius 2 is 1.63 bits per heavy atom. The molecule has 2 aromatic rings. The maximum absolute atomic E-state index is 12.3. The van der Waals surface area contributed by atoms with E-state index in [1.54, 1.807) is 33.4 Å². The van der Waals surface area contributed by atoms with Crippen molar-refractivity contribution in [2.24, 2.45) is 4.99 Å². The van der Waals surface area contributed by atoms with Crippen LogP contribution in [0.15, 0.2) is 47.5 Å². The first-order valence-corrected chi connectivity index (χ1v) is 8.25. The van der Waals surface area contributed by atoms with Gasteiger partial charge in [0.15, 0.2) is 17.5 Å². The minimum Gasteiger partial charge on any atom is -0.493 e. The van der Waals surface area contributed by atoms with Gasteiger partial charge in [0.25, 0.3) is 0 Å². The average Bonchev–Trinajstić information content (AvgIpc) is 2.67. The van der Waals surface area contributed by atoms with Crippen LogP contribution in [0.3, 0.4) is 0 Å². The molecule has 8 heteroatoms. The molecule has 0 aliphatic heterocycles. The van der Waals surface area contributed by atoms with Crippen LogP contribution in [0.1, 0.15) is 11.1 Å². The fraction of sp³-hybridized carbons (Fsp3) is 0.316. The Kier molecular flexibility index (Phi) is 7.66. The number of alkyl halides is 2. The van der Waals surface area contributed by atoms with E-state index in [4.69, 9.17) is 9.47 Å². The lowest BCUT2D eigenvalue weighted by molar-refractivity contribution is -0.0498. The second-order valence-electron chi connectivity index (χ2n) is 5.49. The van der Waals surface area contributed by atoms with E-state index in [1.165, 1.54) is 6.07 Å². The van der Waals surface area contributed by atoms with E-state index in [1.807, 2.05) is 24.3 Å². The normalized spacial score (nSPS) is 11.3. The van der Waals surface area contributed by atoms with Crippen LogP contribution in [0.4, 0.5) is 8.78 Å². The largest absolute Gasteiger partial charge is 0.493 e. The van der Waals surface area contributed by atoms with Gasteiger partial charge < -0.3 is 24.8 Å². The van der Waals surface area contributed by atoms with E-state index in [2.05, 4.69) is 20.4 Å². The first kappa shape index (κ1) is 20.3. The van der Waals surface area contributed by atoms with Crippen LogP contribution < -0.4 is 24.8 Å². The van der Waals surface area contributed by atoms with Gasteiger partial charge in [-0.25, -0.2) is 0 Å². The SMILES string of the molecule is CN=C(NCc1cccc(OC(F)F)c1)NCc1ccc(OC)c(OC)c1. The zero-order valence-corrected chi connectivity index (χ0v) is 15.5. The van der Waals surface area contributed by atoms with Crippen LogP contribution in [-0.4, -0.2) is 33.8 Å². The topological polar surface area (TPSA) is 64.1 Å². The number of benzene rings is 2. The Morgan fingerprint density at radius 1 is 0.963 bits per heavy atom. The van der Waals surface area contributed by atoms with Crippen molar-refractivity contribution in [1.82, 2.24) is 10.6 Å². The fourth-order valence-electron chi connectivity index (χ4n) is 2.41. The number of ether oxygens (including phenoxy) is 3. The van der Waals surface area contributed by atoms with Gasteiger partial charge in [-0.05, 0) is 35.4 Å². The molecule has 0 spiro atoms. The number of hydrogen-bond acceptors (Lipinski definition) is 4. The summed E-state index contributed by atoms with van der Waals surface area (Å²) in [6, 6.07) is 12.2. The third-order valence-electron chi connectivity index (χ3n) is 3.72. The second kappa shape index (κ2) is 10.2. The van der Waals surface area contributed by atoms with Gasteiger partial charge in [0.2, 0.25) is 0 Å². The lowest BCUT2D eigenvalue weighted by atomic mass is 10.2. The van der Waals surface area contributed by atoms with Crippen LogP contribution >= 0.6 is 0 Å². The first-order chi connectivity index (χ1) is 13.0. The zero-order chi connectivity index (χ0) is 19.6. The monoisotopic (exact) mass is 379 g/mol. The number of rotatable bonds is 8. The highest BCUT2D eigenvalue weighted by Crippen LogP contribution is 2.27. The number of guanidine groups is 1. The summed E-state index contributed by atoms with van der Waals surface area (Å²) in [5.74, 6) is 2.01. The maximum Gasteiger partial charge on any atom is 0.387 e. The third-order valence-corrected chi connectivity index (χ3v) is 3.72. The van der Waals surface area contributed by atoms with E-state index in [9.17, 15) is 8.78 Å². The van der Waals surface area contributed by atoms with Crippen LogP contribution in [0.25, 0.3) is 0 Å². The number of aliphatic imine (C=N–C) groups is 1. The lowest BCUT2D eigenvalue weighted by Crippen LogP contribution is -2.36. The van der Waals surface area contributed by atoms with Crippen LogP contribution in [0, 0.1) is 0 Å². The molecule has 0 bridgehead atoms. The molecular formula is C19H23F2N3O3. The molecule has 0 aliphatic carbocycles. The van der Waals surface area contributed by atoms with E-state index in [0.29, 0.717) is 30.5 Å². The van der Waals surface area contributed by atoms with Crippen molar-refractivity contribution in [2.75, 3.05) is 21.3 Å². The summed E-state index contributed by atoms with van der Waals surface area (Å²) in [5, 5.41) is 6.31. The van der Waals surface area contributed by atoms with Gasteiger partial charge in [-0.3, -0.25) is 4.99 Å². The molecule has 146 valence electrons. The molecule has 0 saturated heterocycles. The molecule has 6 nitrogen and oxygen atoms in total. The summed E-state index contributed by atoms with van der Waals surface area (Å²) >= 11 is 0. The Hall–Kier alpha value is -3.03. The first-order valence-electron chi connectivity index (χ1n) is 8.25. The molecule has 0 unspecified atom stereocenters. The molecule has 0 atom stereocenters. The molecule has 0 radical (unpaired) electrons. The Bertz CT molecular complexity index is 770. The summed E-state index contributed by atoms with van der Waals surface area (Å²) in [5.41, 5.74) is 1.78. The van der Waals surface area contributed by atoms with Crippen molar-refractivity contribution in [3.05, 3.63) is 53.6 Å². The van der Waals surface area contributed by atoms with Crippen molar-refractivity contribution in [1.29, 1.82) is 0 Å². The molecule has 0 aromatic heterocycles. The summed E-state index contributed by atoms with van der Waals surface area (Å²) in [4.78, 5) is 4.15.